The second-order valence-electron chi connectivity index (χ2n) is 5.45. The topological polar surface area (TPSA) is 91.0 Å². The molecule has 6 nitrogen and oxygen atoms in total. The first-order chi connectivity index (χ1) is 11.1. The predicted octanol–water partition coefficient (Wildman–Crippen LogP) is 2.77. The van der Waals surface area contributed by atoms with Crippen LogP contribution in [0.25, 0.3) is 0 Å². The molecule has 1 amide bonds. The Kier molecular flexibility index (Phi) is 3.99. The summed E-state index contributed by atoms with van der Waals surface area (Å²) in [5, 5.41) is 15.2. The van der Waals surface area contributed by atoms with Gasteiger partial charge >= 0.3 is 0 Å². The molecule has 0 fully saturated rings. The number of nitrogen functional groups attached to an aromatic ring is 1. The van der Waals surface area contributed by atoms with E-state index < -0.39 is 0 Å². The maximum atomic E-state index is 12.0. The third-order valence-electron chi connectivity index (χ3n) is 3.92. The molecular formula is C17H18N4O2. The zero-order valence-corrected chi connectivity index (χ0v) is 12.7. The van der Waals surface area contributed by atoms with E-state index in [0.29, 0.717) is 17.8 Å². The Balaban J connectivity index is 1.97. The van der Waals surface area contributed by atoms with E-state index in [2.05, 4.69) is 10.6 Å². The van der Waals surface area contributed by atoms with E-state index in [4.69, 9.17) is 5.73 Å². The number of anilines is 2. The van der Waals surface area contributed by atoms with Crippen LogP contribution in [0.2, 0.25) is 0 Å². The van der Waals surface area contributed by atoms with E-state index in [0.717, 1.165) is 16.8 Å². The summed E-state index contributed by atoms with van der Waals surface area (Å²) < 4.78 is 0. The first-order valence-corrected chi connectivity index (χ1v) is 7.32. The smallest absolute Gasteiger partial charge is 0.240 e. The molecule has 0 bridgehead atoms. The lowest BCUT2D eigenvalue weighted by Crippen LogP contribution is -2.24. The van der Waals surface area contributed by atoms with Gasteiger partial charge in [-0.25, -0.2) is 5.01 Å². The minimum Gasteiger partial charge on any atom is -0.399 e. The summed E-state index contributed by atoms with van der Waals surface area (Å²) in [4.78, 5) is 12.0. The van der Waals surface area contributed by atoms with Crippen molar-refractivity contribution in [1.82, 2.24) is 5.01 Å². The number of nitrogens with two attached hydrogens (primary N) is 1. The highest BCUT2D eigenvalue weighted by molar-refractivity contribution is 6.03. The number of amides is 1. The number of rotatable bonds is 3. The summed E-state index contributed by atoms with van der Waals surface area (Å²) in [6.07, 6.45) is 0.572. The molecule has 3 rings (SSSR count). The molecule has 1 aliphatic heterocycles. The minimum atomic E-state index is -0.254. The quantitative estimate of drug-likeness (QED) is 0.600. The Morgan fingerprint density at radius 3 is 2.61 bits per heavy atom. The lowest BCUT2D eigenvalue weighted by atomic mass is 9.97. The molecule has 6 heteroatoms. The Labute approximate surface area is 134 Å². The third kappa shape index (κ3) is 2.89. The van der Waals surface area contributed by atoms with Crippen molar-refractivity contribution in [3.63, 3.8) is 0 Å². The van der Waals surface area contributed by atoms with Crippen LogP contribution in [0.15, 0.2) is 53.6 Å². The maximum absolute atomic E-state index is 12.0. The van der Waals surface area contributed by atoms with Crippen LogP contribution >= 0.6 is 0 Å². The Morgan fingerprint density at radius 1 is 1.26 bits per heavy atom. The molecule has 4 N–H and O–H groups in total. The van der Waals surface area contributed by atoms with Gasteiger partial charge in [0.15, 0.2) is 0 Å². The fourth-order valence-corrected chi connectivity index (χ4v) is 2.78. The molecule has 118 valence electrons. The largest absolute Gasteiger partial charge is 0.399 e. The van der Waals surface area contributed by atoms with Crippen LogP contribution < -0.4 is 11.2 Å². The third-order valence-corrected chi connectivity index (χ3v) is 3.92. The molecule has 0 spiro atoms. The maximum Gasteiger partial charge on any atom is 0.240 e. The van der Waals surface area contributed by atoms with E-state index in [1.54, 1.807) is 6.07 Å². The summed E-state index contributed by atoms with van der Waals surface area (Å²) >= 11 is 0. The van der Waals surface area contributed by atoms with Crippen LogP contribution in [0.1, 0.15) is 30.5 Å². The summed E-state index contributed by atoms with van der Waals surface area (Å²) in [6.45, 7) is 1.48. The molecule has 2 aromatic carbocycles. The Bertz CT molecular complexity index is 755. The van der Waals surface area contributed by atoms with Crippen LogP contribution in [0.3, 0.4) is 0 Å². The van der Waals surface area contributed by atoms with Gasteiger partial charge in [-0.05, 0) is 23.8 Å². The van der Waals surface area contributed by atoms with Gasteiger partial charge in [-0.15, -0.1) is 0 Å². The van der Waals surface area contributed by atoms with Crippen molar-refractivity contribution in [2.45, 2.75) is 19.4 Å². The number of hydrazone groups is 1. The molecule has 0 saturated heterocycles. The number of nitrogens with zero attached hydrogens (tertiary/aromatic N) is 2. The highest BCUT2D eigenvalue weighted by atomic mass is 16.5. The molecule has 0 aromatic heterocycles. The number of para-hydroxylation sites is 1. The van der Waals surface area contributed by atoms with Gasteiger partial charge in [0, 0.05) is 24.6 Å². The van der Waals surface area contributed by atoms with Gasteiger partial charge in [0.25, 0.3) is 0 Å². The lowest BCUT2D eigenvalue weighted by molar-refractivity contribution is -0.130. The summed E-state index contributed by atoms with van der Waals surface area (Å²) in [5.41, 5.74) is 11.7. The van der Waals surface area contributed by atoms with E-state index in [1.165, 1.54) is 11.9 Å². The van der Waals surface area contributed by atoms with Crippen molar-refractivity contribution in [1.29, 1.82) is 0 Å². The molecule has 2 aromatic rings. The lowest BCUT2D eigenvalue weighted by Gasteiger charge is -2.22. The van der Waals surface area contributed by atoms with Crippen molar-refractivity contribution < 1.29 is 10.0 Å². The molecule has 0 radical (unpaired) electrons. The molecular weight excluding hydrogens is 292 g/mol. The van der Waals surface area contributed by atoms with Crippen LogP contribution in [-0.4, -0.2) is 21.8 Å². The first-order valence-electron chi connectivity index (χ1n) is 7.32. The molecule has 1 aliphatic rings. The fraction of sp³-hybridized carbons (Fsp3) is 0.176. The second kappa shape index (κ2) is 6.10. The average molecular weight is 310 g/mol. The van der Waals surface area contributed by atoms with Gasteiger partial charge in [-0.3, -0.25) is 15.5 Å². The van der Waals surface area contributed by atoms with Crippen LogP contribution in [0.4, 0.5) is 11.4 Å². The van der Waals surface area contributed by atoms with Gasteiger partial charge in [-0.1, -0.05) is 30.3 Å². The number of carbonyl (C=O) groups is 1. The monoisotopic (exact) mass is 310 g/mol. The van der Waals surface area contributed by atoms with Gasteiger partial charge < -0.3 is 5.73 Å². The van der Waals surface area contributed by atoms with E-state index in [9.17, 15) is 10.0 Å². The van der Waals surface area contributed by atoms with Gasteiger partial charge in [0.1, 0.15) is 0 Å². The van der Waals surface area contributed by atoms with Gasteiger partial charge in [0.05, 0.1) is 17.4 Å². The zero-order valence-electron chi connectivity index (χ0n) is 12.7. The first kappa shape index (κ1) is 15.1. The van der Waals surface area contributed by atoms with Gasteiger partial charge in [-0.2, -0.15) is 5.10 Å². The molecule has 1 unspecified atom stereocenters. The molecule has 0 aliphatic carbocycles. The number of carbonyl (C=O) groups excluding carboxylic acids is 1. The van der Waals surface area contributed by atoms with Crippen molar-refractivity contribution in [2.75, 3.05) is 11.2 Å². The Hall–Kier alpha value is -2.86. The number of hydrogen-bond acceptors (Lipinski definition) is 5. The summed E-state index contributed by atoms with van der Waals surface area (Å²) in [7, 11) is 0. The number of nitrogens with one attached hydrogen (secondary N) is 1. The highest BCUT2D eigenvalue weighted by Gasteiger charge is 2.32. The molecule has 0 saturated carbocycles. The van der Waals surface area contributed by atoms with E-state index in [1.807, 2.05) is 42.5 Å². The molecule has 23 heavy (non-hydrogen) atoms. The van der Waals surface area contributed by atoms with Crippen LogP contribution in [0.5, 0.6) is 0 Å². The highest BCUT2D eigenvalue weighted by Crippen LogP contribution is 2.36. The summed E-state index contributed by atoms with van der Waals surface area (Å²) in [5.74, 6) is -0.145. The van der Waals surface area contributed by atoms with E-state index >= 15 is 0 Å². The average Bonchev–Trinajstić information content (AvgIpc) is 3.01. The van der Waals surface area contributed by atoms with Crippen molar-refractivity contribution in [2.24, 2.45) is 5.10 Å². The minimum absolute atomic E-state index is 0.145. The van der Waals surface area contributed by atoms with Crippen LogP contribution in [-0.2, 0) is 4.79 Å². The second-order valence-corrected chi connectivity index (χ2v) is 5.45. The standard InChI is InChI=1S/C17H18N4O2/c1-11(22)21-17(14-4-2-3-5-15(14)20-23)10-16(19-21)12-6-8-13(18)9-7-12/h2-9,17,20,23H,10,18H2,1H3. The number of benzene rings is 2. The normalized spacial score (nSPS) is 17.0. The van der Waals surface area contributed by atoms with Crippen molar-refractivity contribution >= 4 is 23.0 Å². The molecule has 1 atom stereocenters. The fourth-order valence-electron chi connectivity index (χ4n) is 2.78. The summed E-state index contributed by atoms with van der Waals surface area (Å²) in [6, 6.07) is 14.5. The van der Waals surface area contributed by atoms with Crippen molar-refractivity contribution in [3.05, 3.63) is 59.7 Å². The number of hydrogen-bond donors (Lipinski definition) is 3. The van der Waals surface area contributed by atoms with Crippen LogP contribution in [0, 0.1) is 0 Å². The SMILES string of the molecule is CC(=O)N1N=C(c2ccc(N)cc2)CC1c1ccccc1NO. The van der Waals surface area contributed by atoms with E-state index in [-0.39, 0.29) is 11.9 Å². The zero-order chi connectivity index (χ0) is 16.4. The predicted molar refractivity (Wildman–Crippen MR) is 89.1 cm³/mol. The Morgan fingerprint density at radius 2 is 1.96 bits per heavy atom. The molecule has 1 heterocycles. The van der Waals surface area contributed by atoms with Gasteiger partial charge in [0.2, 0.25) is 5.91 Å². The van der Waals surface area contributed by atoms with Crippen molar-refractivity contribution in [3.8, 4) is 0 Å².